The molecule has 3 aromatic rings. The summed E-state index contributed by atoms with van der Waals surface area (Å²) in [6.07, 6.45) is 0.704. The lowest BCUT2D eigenvalue weighted by molar-refractivity contribution is -0.125. The van der Waals surface area contributed by atoms with Crippen molar-refractivity contribution in [3.05, 3.63) is 101 Å². The number of hydrogen-bond donors (Lipinski definition) is 0. The summed E-state index contributed by atoms with van der Waals surface area (Å²) in [7, 11) is 1.92. The van der Waals surface area contributed by atoms with E-state index in [9.17, 15) is 9.18 Å². The van der Waals surface area contributed by atoms with Crippen LogP contribution < -0.4 is 5.01 Å². The van der Waals surface area contributed by atoms with Crippen molar-refractivity contribution in [1.82, 2.24) is 9.91 Å². The van der Waals surface area contributed by atoms with Gasteiger partial charge in [0.15, 0.2) is 0 Å². The van der Waals surface area contributed by atoms with Gasteiger partial charge in [-0.1, -0.05) is 74.5 Å². The zero-order valence-electron chi connectivity index (χ0n) is 19.7. The molecule has 0 saturated carbocycles. The zero-order chi connectivity index (χ0) is 23.4. The Morgan fingerprint density at radius 2 is 1.52 bits per heavy atom. The van der Waals surface area contributed by atoms with Gasteiger partial charge < -0.3 is 4.90 Å². The number of nitrogens with zero attached hydrogens (tertiary/aromatic N) is 3. The quantitative estimate of drug-likeness (QED) is 0.451. The molecule has 0 aromatic heterocycles. The van der Waals surface area contributed by atoms with Crippen LogP contribution in [0.5, 0.6) is 0 Å². The molecule has 4 rings (SSSR count). The highest BCUT2D eigenvalue weighted by Gasteiger charge is 2.52. The second-order valence-corrected chi connectivity index (χ2v) is 8.62. The molecule has 4 nitrogen and oxygen atoms in total. The van der Waals surface area contributed by atoms with E-state index in [0.717, 1.165) is 42.0 Å². The SMILES string of the molecule is CCN(CC)CCC1(c2ccccc2)C(=O)N(N(C)Cc2ccc(F)cc2)c2ccccc21. The van der Waals surface area contributed by atoms with Gasteiger partial charge in [-0.25, -0.2) is 14.4 Å². The third kappa shape index (κ3) is 4.31. The number of amides is 1. The first-order chi connectivity index (χ1) is 16.0. The Hall–Kier alpha value is -3.02. The molecule has 0 spiro atoms. The number of carbonyl (C=O) groups excluding carboxylic acids is 1. The highest BCUT2D eigenvalue weighted by Crippen LogP contribution is 2.49. The second kappa shape index (κ2) is 9.86. The van der Waals surface area contributed by atoms with E-state index in [1.54, 1.807) is 12.1 Å². The monoisotopic (exact) mass is 445 g/mol. The lowest BCUT2D eigenvalue weighted by atomic mass is 9.72. The summed E-state index contributed by atoms with van der Waals surface area (Å²) in [5.41, 5.74) is 3.17. The lowest BCUT2D eigenvalue weighted by Crippen LogP contribution is -2.49. The number of rotatable bonds is 9. The average molecular weight is 446 g/mol. The maximum absolute atomic E-state index is 14.4. The Labute approximate surface area is 196 Å². The van der Waals surface area contributed by atoms with Gasteiger partial charge in [-0.3, -0.25) is 4.79 Å². The molecule has 33 heavy (non-hydrogen) atoms. The van der Waals surface area contributed by atoms with Gasteiger partial charge in [-0.2, -0.15) is 0 Å². The highest BCUT2D eigenvalue weighted by atomic mass is 19.1. The van der Waals surface area contributed by atoms with Crippen LogP contribution in [0.4, 0.5) is 10.1 Å². The van der Waals surface area contributed by atoms with Crippen molar-refractivity contribution < 1.29 is 9.18 Å². The van der Waals surface area contributed by atoms with Gasteiger partial charge in [0, 0.05) is 13.6 Å². The molecule has 1 heterocycles. The molecule has 172 valence electrons. The summed E-state index contributed by atoms with van der Waals surface area (Å²) in [4.78, 5) is 16.7. The molecule has 1 unspecified atom stereocenters. The fourth-order valence-electron chi connectivity index (χ4n) is 4.94. The molecule has 0 radical (unpaired) electrons. The number of hydrogen-bond acceptors (Lipinski definition) is 3. The van der Waals surface area contributed by atoms with Crippen molar-refractivity contribution in [3.63, 3.8) is 0 Å². The van der Waals surface area contributed by atoms with Crippen molar-refractivity contribution in [2.45, 2.75) is 32.2 Å². The summed E-state index contributed by atoms with van der Waals surface area (Å²) in [6, 6.07) is 24.7. The van der Waals surface area contributed by atoms with Crippen LogP contribution in [0.3, 0.4) is 0 Å². The van der Waals surface area contributed by atoms with Crippen LogP contribution in [0.25, 0.3) is 0 Å². The van der Waals surface area contributed by atoms with Gasteiger partial charge in [0.1, 0.15) is 11.2 Å². The Balaban J connectivity index is 1.77. The van der Waals surface area contributed by atoms with E-state index in [1.807, 2.05) is 53.5 Å². The normalized spacial score (nSPS) is 17.8. The summed E-state index contributed by atoms with van der Waals surface area (Å²) < 4.78 is 13.4. The van der Waals surface area contributed by atoms with E-state index in [4.69, 9.17) is 0 Å². The van der Waals surface area contributed by atoms with Crippen LogP contribution in [-0.4, -0.2) is 42.5 Å². The van der Waals surface area contributed by atoms with E-state index < -0.39 is 5.41 Å². The molecule has 0 saturated heterocycles. The number of anilines is 1. The van der Waals surface area contributed by atoms with Gasteiger partial charge in [0.25, 0.3) is 5.91 Å². The minimum atomic E-state index is -0.752. The van der Waals surface area contributed by atoms with Crippen molar-refractivity contribution in [2.24, 2.45) is 0 Å². The number of halogens is 1. The Bertz CT molecular complexity index is 1080. The summed E-state index contributed by atoms with van der Waals surface area (Å²) >= 11 is 0. The minimum absolute atomic E-state index is 0.0617. The third-order valence-corrected chi connectivity index (χ3v) is 6.78. The molecule has 0 bridgehead atoms. The topological polar surface area (TPSA) is 26.8 Å². The highest BCUT2D eigenvalue weighted by molar-refractivity contribution is 6.09. The molecule has 0 N–H and O–H groups in total. The molecule has 3 aromatic carbocycles. The summed E-state index contributed by atoms with van der Waals surface area (Å²) in [5.74, 6) is -0.199. The van der Waals surface area contributed by atoms with Crippen molar-refractivity contribution in [2.75, 3.05) is 31.7 Å². The first-order valence-corrected chi connectivity index (χ1v) is 11.7. The van der Waals surface area contributed by atoms with Gasteiger partial charge in [0.2, 0.25) is 0 Å². The minimum Gasteiger partial charge on any atom is -0.304 e. The van der Waals surface area contributed by atoms with Crippen LogP contribution in [0, 0.1) is 5.82 Å². The summed E-state index contributed by atoms with van der Waals surface area (Å²) in [5, 5.41) is 3.75. The van der Waals surface area contributed by atoms with Crippen molar-refractivity contribution in [1.29, 1.82) is 0 Å². The van der Waals surface area contributed by atoms with Gasteiger partial charge >= 0.3 is 0 Å². The second-order valence-electron chi connectivity index (χ2n) is 8.62. The largest absolute Gasteiger partial charge is 0.304 e. The predicted molar refractivity (Wildman–Crippen MR) is 131 cm³/mol. The molecule has 1 aliphatic rings. The molecule has 1 aliphatic heterocycles. The molecule has 5 heteroatoms. The molecule has 1 atom stereocenters. The van der Waals surface area contributed by atoms with Gasteiger partial charge in [-0.05, 0) is 60.9 Å². The van der Waals surface area contributed by atoms with E-state index in [0.29, 0.717) is 13.0 Å². The first-order valence-electron chi connectivity index (χ1n) is 11.7. The zero-order valence-corrected chi connectivity index (χ0v) is 19.7. The maximum atomic E-state index is 14.4. The number of para-hydroxylation sites is 1. The van der Waals surface area contributed by atoms with Crippen molar-refractivity contribution in [3.8, 4) is 0 Å². The molecule has 1 amide bonds. The van der Waals surface area contributed by atoms with E-state index in [-0.39, 0.29) is 11.7 Å². The fraction of sp³-hybridized carbons (Fsp3) is 0.321. The number of fused-ring (bicyclic) bond motifs is 1. The third-order valence-electron chi connectivity index (χ3n) is 6.78. The van der Waals surface area contributed by atoms with E-state index >= 15 is 0 Å². The van der Waals surface area contributed by atoms with Gasteiger partial charge in [0.05, 0.1) is 5.69 Å². The smallest absolute Gasteiger partial charge is 0.256 e. The maximum Gasteiger partial charge on any atom is 0.256 e. The van der Waals surface area contributed by atoms with Crippen LogP contribution in [0.2, 0.25) is 0 Å². The number of benzene rings is 3. The lowest BCUT2D eigenvalue weighted by Gasteiger charge is -2.34. The van der Waals surface area contributed by atoms with Gasteiger partial charge in [-0.15, -0.1) is 0 Å². The standard InChI is InChI=1S/C28H32FN3O/c1-4-31(5-2)20-19-28(23-11-7-6-8-12-23)25-13-9-10-14-26(25)32(27(28)33)30(3)21-22-15-17-24(29)18-16-22/h6-18H,4-5,19-21H2,1-3H3. The van der Waals surface area contributed by atoms with Crippen LogP contribution >= 0.6 is 0 Å². The fourth-order valence-corrected chi connectivity index (χ4v) is 4.94. The number of carbonyl (C=O) groups is 1. The molecule has 0 fully saturated rings. The molecule has 0 aliphatic carbocycles. The molecular formula is C28H32FN3O. The van der Waals surface area contributed by atoms with Crippen LogP contribution in [-0.2, 0) is 16.8 Å². The Kier molecular flexibility index (Phi) is 6.91. The van der Waals surface area contributed by atoms with Crippen LogP contribution in [0.1, 0.15) is 37.0 Å². The van der Waals surface area contributed by atoms with E-state index in [2.05, 4.69) is 36.9 Å². The summed E-state index contributed by atoms with van der Waals surface area (Å²) in [6.45, 7) is 7.55. The van der Waals surface area contributed by atoms with Crippen molar-refractivity contribution >= 4 is 11.6 Å². The Morgan fingerprint density at radius 3 is 2.18 bits per heavy atom. The predicted octanol–water partition coefficient (Wildman–Crippen LogP) is 5.24. The van der Waals surface area contributed by atoms with E-state index in [1.165, 1.54) is 12.1 Å². The number of hydrazine groups is 1. The molecular weight excluding hydrogens is 413 g/mol. The average Bonchev–Trinajstić information content (AvgIpc) is 3.10. The Morgan fingerprint density at radius 1 is 0.879 bits per heavy atom. The van der Waals surface area contributed by atoms with Crippen LogP contribution in [0.15, 0.2) is 78.9 Å². The first kappa shape index (κ1) is 23.1.